The molecule has 0 radical (unpaired) electrons. The maximum Gasteiger partial charge on any atom is 0.259 e. The van der Waals surface area contributed by atoms with Crippen molar-refractivity contribution in [2.75, 3.05) is 28.4 Å². The summed E-state index contributed by atoms with van der Waals surface area (Å²) in [4.78, 5) is 20.4. The largest absolute Gasteiger partial charge is 0.493 e. The van der Waals surface area contributed by atoms with Gasteiger partial charge in [0.05, 0.1) is 32.7 Å². The summed E-state index contributed by atoms with van der Waals surface area (Å²) in [5.41, 5.74) is 3.44. The highest BCUT2D eigenvalue weighted by atomic mass is 32.1. The lowest BCUT2D eigenvalue weighted by atomic mass is 10.1. The van der Waals surface area contributed by atoms with E-state index in [0.717, 1.165) is 22.5 Å². The Morgan fingerprint density at radius 1 is 0.969 bits per heavy atom. The van der Waals surface area contributed by atoms with Crippen LogP contribution in [0.15, 0.2) is 58.7 Å². The Hall–Kier alpha value is -3.36. The van der Waals surface area contributed by atoms with E-state index < -0.39 is 0 Å². The lowest BCUT2D eigenvalue weighted by Gasteiger charge is -2.20. The monoisotopic (exact) mass is 451 g/mol. The van der Waals surface area contributed by atoms with Crippen molar-refractivity contribution in [3.63, 3.8) is 0 Å². The van der Waals surface area contributed by atoms with Crippen LogP contribution in [0.1, 0.15) is 11.3 Å². The smallest absolute Gasteiger partial charge is 0.259 e. The molecule has 166 valence electrons. The Labute approximate surface area is 190 Å². The lowest BCUT2D eigenvalue weighted by Crippen LogP contribution is -2.22. The van der Waals surface area contributed by atoms with Gasteiger partial charge in [0.15, 0.2) is 16.5 Å². The summed E-state index contributed by atoms with van der Waals surface area (Å²) in [5, 5.41) is 1.97. The van der Waals surface area contributed by atoms with Gasteiger partial charge in [-0.3, -0.25) is 14.1 Å². The van der Waals surface area contributed by atoms with Crippen LogP contribution < -0.4 is 19.8 Å². The fourth-order valence-corrected chi connectivity index (χ4v) is 4.69. The maximum atomic E-state index is 12.9. The number of aromatic nitrogens is 2. The molecule has 0 N–H and O–H groups in total. The predicted molar refractivity (Wildman–Crippen MR) is 126 cm³/mol. The Morgan fingerprint density at radius 2 is 1.72 bits per heavy atom. The summed E-state index contributed by atoms with van der Waals surface area (Å²) in [5.74, 6) is 1.81. The van der Waals surface area contributed by atoms with Crippen LogP contribution in [-0.2, 0) is 13.1 Å². The van der Waals surface area contributed by atoms with E-state index in [1.54, 1.807) is 31.8 Å². The molecule has 0 unspecified atom stereocenters. The Kier molecular flexibility index (Phi) is 6.43. The third-order valence-electron chi connectivity index (χ3n) is 5.19. The molecule has 4 aromatic rings. The van der Waals surface area contributed by atoms with Crippen LogP contribution in [0.5, 0.6) is 17.2 Å². The molecule has 32 heavy (non-hydrogen) atoms. The number of benzene rings is 2. The highest BCUT2D eigenvalue weighted by molar-refractivity contribution is 7.15. The number of ether oxygens (including phenoxy) is 3. The van der Waals surface area contributed by atoms with E-state index in [1.807, 2.05) is 54.9 Å². The zero-order valence-electron chi connectivity index (χ0n) is 18.5. The summed E-state index contributed by atoms with van der Waals surface area (Å²) in [6.07, 6.45) is 0. The number of methoxy groups -OCH3 is 3. The molecule has 2 heterocycles. The molecule has 0 aliphatic heterocycles. The molecule has 8 heteroatoms. The minimum atomic E-state index is -0.0813. The highest BCUT2D eigenvalue weighted by Gasteiger charge is 2.18. The van der Waals surface area contributed by atoms with E-state index in [9.17, 15) is 4.79 Å². The van der Waals surface area contributed by atoms with E-state index in [2.05, 4.69) is 4.90 Å². The summed E-state index contributed by atoms with van der Waals surface area (Å²) in [6, 6.07) is 15.3. The summed E-state index contributed by atoms with van der Waals surface area (Å²) < 4.78 is 18.1. The third kappa shape index (κ3) is 4.19. The van der Waals surface area contributed by atoms with Crippen LogP contribution in [0.4, 0.5) is 0 Å². The zero-order valence-corrected chi connectivity index (χ0v) is 19.3. The van der Waals surface area contributed by atoms with Gasteiger partial charge < -0.3 is 14.2 Å². The predicted octanol–water partition coefficient (Wildman–Crippen LogP) is 4.08. The van der Waals surface area contributed by atoms with Crippen LogP contribution in [-0.4, -0.2) is 42.7 Å². The van der Waals surface area contributed by atoms with Gasteiger partial charge in [-0.25, -0.2) is 4.98 Å². The van der Waals surface area contributed by atoms with Gasteiger partial charge in [-0.1, -0.05) is 36.4 Å². The molecule has 0 bridgehead atoms. The summed E-state index contributed by atoms with van der Waals surface area (Å²) in [6.45, 7) is 1.10. The third-order valence-corrected chi connectivity index (χ3v) is 6.01. The van der Waals surface area contributed by atoms with Crippen LogP contribution in [0.2, 0.25) is 0 Å². The molecular weight excluding hydrogens is 426 g/mol. The maximum absolute atomic E-state index is 12.9. The summed E-state index contributed by atoms with van der Waals surface area (Å²) >= 11 is 1.47. The number of fused-ring (bicyclic) bond motifs is 1. The molecule has 0 saturated heterocycles. The van der Waals surface area contributed by atoms with E-state index in [0.29, 0.717) is 35.3 Å². The van der Waals surface area contributed by atoms with Crippen molar-refractivity contribution < 1.29 is 14.2 Å². The van der Waals surface area contributed by atoms with Crippen molar-refractivity contribution in [1.29, 1.82) is 0 Å². The summed E-state index contributed by atoms with van der Waals surface area (Å²) in [7, 11) is 6.77. The minimum Gasteiger partial charge on any atom is -0.493 e. The highest BCUT2D eigenvalue weighted by Crippen LogP contribution is 2.40. The fraction of sp³-hybridized carbons (Fsp3) is 0.250. The molecular formula is C24H25N3O4S. The fourth-order valence-electron chi connectivity index (χ4n) is 3.77. The van der Waals surface area contributed by atoms with Crippen molar-refractivity contribution in [3.8, 4) is 28.5 Å². The second-order valence-corrected chi connectivity index (χ2v) is 8.19. The zero-order chi connectivity index (χ0) is 22.7. The molecule has 2 aromatic carbocycles. The minimum absolute atomic E-state index is 0.0813. The lowest BCUT2D eigenvalue weighted by molar-refractivity contribution is 0.294. The molecule has 0 spiro atoms. The second kappa shape index (κ2) is 9.42. The first-order valence-corrected chi connectivity index (χ1v) is 11.0. The topological polar surface area (TPSA) is 65.3 Å². The van der Waals surface area contributed by atoms with Crippen molar-refractivity contribution in [3.05, 3.63) is 75.5 Å². The first-order chi connectivity index (χ1) is 15.5. The van der Waals surface area contributed by atoms with Gasteiger partial charge in [-0.05, 0) is 18.7 Å². The van der Waals surface area contributed by atoms with Gasteiger partial charge in [-0.2, -0.15) is 0 Å². The van der Waals surface area contributed by atoms with Gasteiger partial charge in [0.2, 0.25) is 5.75 Å². The molecule has 0 saturated carbocycles. The Balaban J connectivity index is 1.59. The van der Waals surface area contributed by atoms with Gasteiger partial charge >= 0.3 is 0 Å². The molecule has 0 aliphatic carbocycles. The SMILES string of the molecule is COc1ccc(CN(C)Cc2cc(=O)n3c(-c4ccccc4)csc3n2)c(OC)c1OC. The van der Waals surface area contributed by atoms with E-state index in [4.69, 9.17) is 19.2 Å². The van der Waals surface area contributed by atoms with E-state index >= 15 is 0 Å². The van der Waals surface area contributed by atoms with Crippen molar-refractivity contribution >= 4 is 16.3 Å². The standard InChI is InChI=1S/C24H25N3O4S/c1-26(13-17-10-11-20(29-2)23(31-4)22(17)30-3)14-18-12-21(28)27-19(15-32-24(27)25-18)16-8-6-5-7-9-16/h5-12,15H,13-14H2,1-4H3. The van der Waals surface area contributed by atoms with Crippen molar-refractivity contribution in [2.45, 2.75) is 13.1 Å². The molecule has 2 aromatic heterocycles. The molecule has 4 rings (SSSR count). The molecule has 0 fully saturated rings. The Morgan fingerprint density at radius 3 is 2.41 bits per heavy atom. The van der Waals surface area contributed by atoms with Crippen molar-refractivity contribution in [1.82, 2.24) is 14.3 Å². The number of nitrogens with zero attached hydrogens (tertiary/aromatic N) is 3. The normalized spacial score (nSPS) is 11.2. The van der Waals surface area contributed by atoms with E-state index in [-0.39, 0.29) is 5.56 Å². The molecule has 7 nitrogen and oxygen atoms in total. The Bertz CT molecular complexity index is 1280. The quantitative estimate of drug-likeness (QED) is 0.402. The first-order valence-electron chi connectivity index (χ1n) is 10.1. The number of rotatable bonds is 8. The molecule has 0 aliphatic rings. The number of hydrogen-bond acceptors (Lipinski definition) is 7. The average Bonchev–Trinajstić information content (AvgIpc) is 3.23. The van der Waals surface area contributed by atoms with Gasteiger partial charge in [0, 0.05) is 30.1 Å². The van der Waals surface area contributed by atoms with Gasteiger partial charge in [0.1, 0.15) is 0 Å². The first kappa shape index (κ1) is 21.9. The van der Waals surface area contributed by atoms with E-state index in [1.165, 1.54) is 11.3 Å². The van der Waals surface area contributed by atoms with Crippen LogP contribution >= 0.6 is 11.3 Å². The average molecular weight is 452 g/mol. The number of hydrogen-bond donors (Lipinski definition) is 0. The molecule has 0 atom stereocenters. The van der Waals surface area contributed by atoms with Gasteiger partial charge in [0.25, 0.3) is 5.56 Å². The van der Waals surface area contributed by atoms with Crippen LogP contribution in [0.25, 0.3) is 16.2 Å². The number of thiazole rings is 1. The van der Waals surface area contributed by atoms with Crippen LogP contribution in [0.3, 0.4) is 0 Å². The van der Waals surface area contributed by atoms with Crippen molar-refractivity contribution in [2.24, 2.45) is 0 Å². The van der Waals surface area contributed by atoms with Crippen LogP contribution in [0, 0.1) is 0 Å². The second-order valence-electron chi connectivity index (χ2n) is 7.36. The molecule has 0 amide bonds. The van der Waals surface area contributed by atoms with Gasteiger partial charge in [-0.15, -0.1) is 11.3 Å².